The Balaban J connectivity index is 2.76. The minimum Gasteiger partial charge on any atom is -0.397 e. The Morgan fingerprint density at radius 2 is 1.44 bits per heavy atom. The Labute approximate surface area is 158 Å². The first-order chi connectivity index (χ1) is 12.2. The highest BCUT2D eigenvalue weighted by Crippen LogP contribution is 2.27. The second-order valence-corrected chi connectivity index (χ2v) is 14.0. The molecule has 0 saturated heterocycles. The lowest BCUT2D eigenvalue weighted by molar-refractivity contribution is 0.211. The van der Waals surface area contributed by atoms with Crippen LogP contribution in [-0.4, -0.2) is 41.8 Å². The Bertz CT molecular complexity index is 426. The molecule has 3 nitrogen and oxygen atoms in total. The third-order valence-electron chi connectivity index (χ3n) is 5.43. The number of nitrogens with zero attached hydrogens (tertiary/aromatic N) is 1. The van der Waals surface area contributed by atoms with Crippen molar-refractivity contribution in [3.8, 4) is 0 Å². The largest absolute Gasteiger partial charge is 0.397 e. The molecule has 5 heteroatoms. The molecule has 0 radical (unpaired) electrons. The van der Waals surface area contributed by atoms with Gasteiger partial charge in [-0.3, -0.25) is 0 Å². The number of hydrogen-bond acceptors (Lipinski definition) is 3. The Kier molecular flexibility index (Phi) is 11.6. The molecule has 0 amide bonds. The SMILES string of the molecule is CCO[SiH](CCCN(Cc1ccccc1)[Si](CC)(CC)CC)OCC. The Morgan fingerprint density at radius 3 is 1.92 bits per heavy atom. The smallest absolute Gasteiger partial charge is 0.321 e. The van der Waals surface area contributed by atoms with E-state index in [4.69, 9.17) is 8.85 Å². The summed E-state index contributed by atoms with van der Waals surface area (Å²) in [7, 11) is -2.84. The van der Waals surface area contributed by atoms with Crippen molar-refractivity contribution in [2.45, 2.75) is 71.8 Å². The molecular formula is C20H39NO2Si2. The summed E-state index contributed by atoms with van der Waals surface area (Å²) in [4.78, 5) is 0. The van der Waals surface area contributed by atoms with Gasteiger partial charge >= 0.3 is 9.28 Å². The zero-order valence-electron chi connectivity index (χ0n) is 17.1. The maximum Gasteiger partial charge on any atom is 0.321 e. The topological polar surface area (TPSA) is 21.7 Å². The summed E-state index contributed by atoms with van der Waals surface area (Å²) in [6, 6.07) is 16.1. The second-order valence-electron chi connectivity index (χ2n) is 6.67. The van der Waals surface area contributed by atoms with E-state index in [1.807, 2.05) is 0 Å². The van der Waals surface area contributed by atoms with Crippen molar-refractivity contribution in [3.05, 3.63) is 35.9 Å². The van der Waals surface area contributed by atoms with E-state index in [0.717, 1.165) is 25.8 Å². The van der Waals surface area contributed by atoms with Crippen LogP contribution in [0, 0.1) is 0 Å². The molecule has 1 rings (SSSR count). The first-order valence-electron chi connectivity index (χ1n) is 10.2. The number of benzene rings is 1. The van der Waals surface area contributed by atoms with Crippen LogP contribution in [-0.2, 0) is 15.4 Å². The van der Waals surface area contributed by atoms with Crippen LogP contribution in [0.3, 0.4) is 0 Å². The summed E-state index contributed by atoms with van der Waals surface area (Å²) in [5.41, 5.74) is 1.44. The average Bonchev–Trinajstić information content (AvgIpc) is 2.64. The summed E-state index contributed by atoms with van der Waals surface area (Å²) < 4.78 is 14.6. The van der Waals surface area contributed by atoms with Crippen molar-refractivity contribution in [1.29, 1.82) is 0 Å². The summed E-state index contributed by atoms with van der Waals surface area (Å²) in [5.74, 6) is 0. The van der Waals surface area contributed by atoms with Crippen molar-refractivity contribution < 1.29 is 8.85 Å². The van der Waals surface area contributed by atoms with Crippen molar-refractivity contribution >= 4 is 17.5 Å². The van der Waals surface area contributed by atoms with Gasteiger partial charge in [0.25, 0.3) is 0 Å². The molecule has 25 heavy (non-hydrogen) atoms. The maximum absolute atomic E-state index is 5.86. The third kappa shape index (κ3) is 7.35. The van der Waals surface area contributed by atoms with Crippen LogP contribution in [0.15, 0.2) is 30.3 Å². The lowest BCUT2D eigenvalue weighted by Crippen LogP contribution is -2.52. The van der Waals surface area contributed by atoms with Crippen molar-refractivity contribution in [3.63, 3.8) is 0 Å². The molecule has 0 aromatic heterocycles. The van der Waals surface area contributed by atoms with Gasteiger partial charge in [0.15, 0.2) is 0 Å². The van der Waals surface area contributed by atoms with E-state index in [2.05, 4.69) is 69.5 Å². The van der Waals surface area contributed by atoms with Gasteiger partial charge in [0, 0.05) is 19.8 Å². The van der Waals surface area contributed by atoms with Crippen LogP contribution in [0.1, 0.15) is 46.6 Å². The van der Waals surface area contributed by atoms with E-state index in [9.17, 15) is 0 Å². The predicted octanol–water partition coefficient (Wildman–Crippen LogP) is 5.18. The molecule has 0 aliphatic rings. The molecule has 0 aliphatic carbocycles. The molecule has 0 fully saturated rings. The first-order valence-corrected chi connectivity index (χ1v) is 14.5. The van der Waals surface area contributed by atoms with Gasteiger partial charge in [-0.05, 0) is 56.6 Å². The highest BCUT2D eigenvalue weighted by molar-refractivity contribution is 6.77. The standard InChI is InChI=1S/C20H39NO2Si2/c1-6-22-24(23-7-2)18-14-17-21(25(8-3,9-4)10-5)19-20-15-12-11-13-16-20/h11-13,15-16,24H,6-10,14,17-19H2,1-5H3. The van der Waals surface area contributed by atoms with Crippen molar-refractivity contribution in [1.82, 2.24) is 4.57 Å². The molecule has 0 atom stereocenters. The fourth-order valence-electron chi connectivity index (χ4n) is 3.74. The molecule has 0 unspecified atom stereocenters. The zero-order valence-corrected chi connectivity index (χ0v) is 19.2. The fourth-order valence-corrected chi connectivity index (χ4v) is 9.43. The summed E-state index contributed by atoms with van der Waals surface area (Å²) >= 11 is 0. The van der Waals surface area contributed by atoms with Crippen LogP contribution in [0.2, 0.25) is 24.2 Å². The second kappa shape index (κ2) is 12.8. The quantitative estimate of drug-likeness (QED) is 0.415. The predicted molar refractivity (Wildman–Crippen MR) is 114 cm³/mol. The molecule has 0 aliphatic heterocycles. The molecule has 0 spiro atoms. The molecular weight excluding hydrogens is 342 g/mol. The van der Waals surface area contributed by atoms with Crippen LogP contribution >= 0.6 is 0 Å². The summed E-state index contributed by atoms with van der Waals surface area (Å²) in [6.45, 7) is 15.2. The van der Waals surface area contributed by atoms with E-state index in [0.29, 0.717) is 0 Å². The number of rotatable bonds is 14. The van der Waals surface area contributed by atoms with E-state index in [-0.39, 0.29) is 0 Å². The van der Waals surface area contributed by atoms with E-state index in [1.165, 1.54) is 36.7 Å². The van der Waals surface area contributed by atoms with Crippen LogP contribution in [0.25, 0.3) is 0 Å². The van der Waals surface area contributed by atoms with Gasteiger partial charge in [-0.2, -0.15) is 0 Å². The molecule has 1 aromatic carbocycles. The minimum absolute atomic E-state index is 0.780. The average molecular weight is 382 g/mol. The van der Waals surface area contributed by atoms with Gasteiger partial charge < -0.3 is 13.4 Å². The van der Waals surface area contributed by atoms with Crippen LogP contribution in [0.5, 0.6) is 0 Å². The van der Waals surface area contributed by atoms with Crippen LogP contribution < -0.4 is 0 Å². The minimum atomic E-state index is -1.47. The monoisotopic (exact) mass is 381 g/mol. The van der Waals surface area contributed by atoms with Crippen LogP contribution in [0.4, 0.5) is 0 Å². The van der Waals surface area contributed by atoms with Gasteiger partial charge in [0.2, 0.25) is 0 Å². The van der Waals surface area contributed by atoms with Gasteiger partial charge in [-0.1, -0.05) is 51.1 Å². The van der Waals surface area contributed by atoms with E-state index < -0.39 is 17.5 Å². The van der Waals surface area contributed by atoms with Gasteiger partial charge in [0.1, 0.15) is 8.24 Å². The molecule has 0 N–H and O–H groups in total. The van der Waals surface area contributed by atoms with E-state index in [1.54, 1.807) is 0 Å². The normalized spacial score (nSPS) is 12.3. The molecule has 144 valence electrons. The summed E-state index contributed by atoms with van der Waals surface area (Å²) in [6.07, 6.45) is 1.19. The highest BCUT2D eigenvalue weighted by atomic mass is 28.3. The maximum atomic E-state index is 5.86. The Hall–Kier alpha value is -0.466. The summed E-state index contributed by atoms with van der Waals surface area (Å²) in [5, 5.41) is 0. The van der Waals surface area contributed by atoms with Crippen molar-refractivity contribution in [2.75, 3.05) is 19.8 Å². The molecule has 0 saturated carbocycles. The fraction of sp³-hybridized carbons (Fsp3) is 0.700. The van der Waals surface area contributed by atoms with Crippen molar-refractivity contribution in [2.24, 2.45) is 0 Å². The number of hydrogen-bond donors (Lipinski definition) is 0. The van der Waals surface area contributed by atoms with Gasteiger partial charge in [0.05, 0.1) is 0 Å². The lowest BCUT2D eigenvalue weighted by Gasteiger charge is -2.41. The lowest BCUT2D eigenvalue weighted by atomic mass is 10.2. The Morgan fingerprint density at radius 1 is 0.880 bits per heavy atom. The van der Waals surface area contributed by atoms with Gasteiger partial charge in [-0.15, -0.1) is 0 Å². The third-order valence-corrected chi connectivity index (χ3v) is 13.4. The van der Waals surface area contributed by atoms with E-state index >= 15 is 0 Å². The zero-order chi connectivity index (χ0) is 18.5. The highest BCUT2D eigenvalue weighted by Gasteiger charge is 2.34. The first kappa shape index (κ1) is 22.6. The molecule has 1 aromatic rings. The molecule has 0 bridgehead atoms. The molecule has 0 heterocycles. The van der Waals surface area contributed by atoms with Gasteiger partial charge in [-0.25, -0.2) is 0 Å².